The number of alkyl halides is 3. The SMILES string of the molecule is CC[C@H]1CC[C@H](n2cc3cc(NC(=O)c4ccnc(C(F)(F)F)n4)c(C(C)(C)O)cc3n2)CC1. The maximum atomic E-state index is 13.0. The molecule has 0 radical (unpaired) electrons. The molecule has 2 aromatic heterocycles. The van der Waals surface area contributed by atoms with Crippen molar-refractivity contribution in [3.05, 3.63) is 47.7 Å². The zero-order valence-corrected chi connectivity index (χ0v) is 19.4. The van der Waals surface area contributed by atoms with Gasteiger partial charge in [-0.25, -0.2) is 9.97 Å². The van der Waals surface area contributed by atoms with E-state index in [1.165, 1.54) is 6.42 Å². The number of amides is 1. The number of hydrogen-bond acceptors (Lipinski definition) is 5. The molecule has 1 aliphatic carbocycles. The fourth-order valence-corrected chi connectivity index (χ4v) is 4.51. The first-order valence-corrected chi connectivity index (χ1v) is 11.4. The van der Waals surface area contributed by atoms with E-state index >= 15 is 0 Å². The summed E-state index contributed by atoms with van der Waals surface area (Å²) in [7, 11) is 0. The van der Waals surface area contributed by atoms with E-state index in [1.54, 1.807) is 26.0 Å². The summed E-state index contributed by atoms with van der Waals surface area (Å²) in [5, 5.41) is 18.8. The Kier molecular flexibility index (Phi) is 6.37. The lowest BCUT2D eigenvalue weighted by Crippen LogP contribution is -2.22. The van der Waals surface area contributed by atoms with Gasteiger partial charge in [0.05, 0.1) is 17.2 Å². The van der Waals surface area contributed by atoms with E-state index in [4.69, 9.17) is 5.10 Å². The number of fused-ring (bicyclic) bond motifs is 1. The van der Waals surface area contributed by atoms with Crippen LogP contribution in [0, 0.1) is 5.92 Å². The zero-order valence-electron chi connectivity index (χ0n) is 19.4. The molecule has 0 bridgehead atoms. The Labute approximate surface area is 195 Å². The van der Waals surface area contributed by atoms with Crippen molar-refractivity contribution < 1.29 is 23.1 Å². The van der Waals surface area contributed by atoms with Crippen LogP contribution < -0.4 is 5.32 Å². The summed E-state index contributed by atoms with van der Waals surface area (Å²) in [6.45, 7) is 5.35. The second-order valence-electron chi connectivity index (χ2n) is 9.42. The molecule has 1 amide bonds. The molecule has 0 atom stereocenters. The Hall–Kier alpha value is -3.01. The molecule has 1 aromatic carbocycles. The van der Waals surface area contributed by atoms with E-state index in [0.717, 1.165) is 49.3 Å². The number of anilines is 1. The van der Waals surface area contributed by atoms with Gasteiger partial charge in [0.25, 0.3) is 5.91 Å². The lowest BCUT2D eigenvalue weighted by molar-refractivity contribution is -0.145. The minimum atomic E-state index is -4.77. The summed E-state index contributed by atoms with van der Waals surface area (Å²) in [5.74, 6) is -1.47. The van der Waals surface area contributed by atoms with Crippen LogP contribution in [-0.2, 0) is 11.8 Å². The highest BCUT2D eigenvalue weighted by atomic mass is 19.4. The van der Waals surface area contributed by atoms with E-state index in [0.29, 0.717) is 17.1 Å². The number of nitrogens with one attached hydrogen (secondary N) is 1. The third kappa shape index (κ3) is 5.06. The van der Waals surface area contributed by atoms with Crippen molar-refractivity contribution >= 4 is 22.5 Å². The van der Waals surface area contributed by atoms with Crippen molar-refractivity contribution in [3.63, 3.8) is 0 Å². The molecule has 4 rings (SSSR count). The maximum absolute atomic E-state index is 13.0. The number of aliphatic hydroxyl groups is 1. The molecule has 0 spiro atoms. The Balaban J connectivity index is 1.66. The summed E-state index contributed by atoms with van der Waals surface area (Å²) in [5.41, 5.74) is -0.394. The van der Waals surface area contributed by atoms with Crippen molar-refractivity contribution in [2.75, 3.05) is 5.32 Å². The Morgan fingerprint density at radius 2 is 1.91 bits per heavy atom. The van der Waals surface area contributed by atoms with Crippen LogP contribution in [0.4, 0.5) is 18.9 Å². The molecule has 0 aliphatic heterocycles. The molecule has 2 heterocycles. The molecule has 3 aromatic rings. The Bertz CT molecular complexity index is 1190. The van der Waals surface area contributed by atoms with Gasteiger partial charge in [0.1, 0.15) is 5.69 Å². The quantitative estimate of drug-likeness (QED) is 0.511. The minimum Gasteiger partial charge on any atom is -0.386 e. The Morgan fingerprint density at radius 1 is 1.21 bits per heavy atom. The Morgan fingerprint density at radius 3 is 2.53 bits per heavy atom. The molecule has 34 heavy (non-hydrogen) atoms. The first-order valence-electron chi connectivity index (χ1n) is 11.4. The number of carbonyl (C=O) groups excluding carboxylic acids is 1. The molecule has 182 valence electrons. The average Bonchev–Trinajstić information content (AvgIpc) is 3.20. The molecule has 1 aliphatic rings. The van der Waals surface area contributed by atoms with Gasteiger partial charge in [-0.2, -0.15) is 18.3 Å². The van der Waals surface area contributed by atoms with Crippen LogP contribution in [0.1, 0.15) is 80.8 Å². The predicted molar refractivity (Wildman–Crippen MR) is 121 cm³/mol. The summed E-state index contributed by atoms with van der Waals surface area (Å²) >= 11 is 0. The molecule has 0 unspecified atom stereocenters. The standard InChI is InChI=1S/C24H28F3N5O2/c1-4-14-5-7-16(8-6-14)32-13-15-11-20(17(23(2,3)34)12-19(15)31-32)29-21(33)18-9-10-28-22(30-18)24(25,26)27/h9-14,16,34H,4-8H2,1-3H3,(H,29,33)/t14-,16-. The lowest BCUT2D eigenvalue weighted by Gasteiger charge is -2.27. The number of benzene rings is 1. The number of nitrogens with zero attached hydrogens (tertiary/aromatic N) is 4. The molecular formula is C24H28F3N5O2. The molecule has 1 fully saturated rings. The topological polar surface area (TPSA) is 92.9 Å². The third-order valence-corrected chi connectivity index (χ3v) is 6.48. The van der Waals surface area contributed by atoms with Crippen LogP contribution in [-0.4, -0.2) is 30.8 Å². The van der Waals surface area contributed by atoms with Gasteiger partial charge in [0.2, 0.25) is 5.82 Å². The molecule has 10 heteroatoms. The van der Waals surface area contributed by atoms with Crippen LogP contribution in [0.15, 0.2) is 30.6 Å². The first kappa shape index (κ1) is 24.1. The number of rotatable bonds is 5. The number of halogens is 3. The van der Waals surface area contributed by atoms with Crippen LogP contribution in [0.3, 0.4) is 0 Å². The summed E-state index contributed by atoms with van der Waals surface area (Å²) in [6.07, 6.45) is 3.64. The van der Waals surface area contributed by atoms with Gasteiger partial charge in [-0.3, -0.25) is 9.48 Å². The monoisotopic (exact) mass is 475 g/mol. The second kappa shape index (κ2) is 8.98. The van der Waals surface area contributed by atoms with Gasteiger partial charge < -0.3 is 10.4 Å². The van der Waals surface area contributed by atoms with E-state index in [1.807, 2.05) is 10.9 Å². The summed E-state index contributed by atoms with van der Waals surface area (Å²) in [6, 6.07) is 4.80. The highest BCUT2D eigenvalue weighted by Crippen LogP contribution is 2.36. The normalized spacial score (nSPS) is 19.4. The fraction of sp³-hybridized carbons (Fsp3) is 0.500. The number of carbonyl (C=O) groups is 1. The van der Waals surface area contributed by atoms with Crippen LogP contribution >= 0.6 is 0 Å². The van der Waals surface area contributed by atoms with Gasteiger partial charge >= 0.3 is 6.18 Å². The van der Waals surface area contributed by atoms with Gasteiger partial charge in [-0.1, -0.05) is 13.3 Å². The van der Waals surface area contributed by atoms with Crippen molar-refractivity contribution in [1.82, 2.24) is 19.7 Å². The van der Waals surface area contributed by atoms with Gasteiger partial charge in [-0.15, -0.1) is 0 Å². The first-order chi connectivity index (χ1) is 16.0. The van der Waals surface area contributed by atoms with Crippen molar-refractivity contribution in [3.8, 4) is 0 Å². The van der Waals surface area contributed by atoms with Crippen molar-refractivity contribution in [2.24, 2.45) is 5.92 Å². The van der Waals surface area contributed by atoms with E-state index in [2.05, 4.69) is 22.2 Å². The van der Waals surface area contributed by atoms with E-state index in [-0.39, 0.29) is 5.69 Å². The second-order valence-corrected chi connectivity index (χ2v) is 9.42. The van der Waals surface area contributed by atoms with Gasteiger partial charge in [0, 0.05) is 29.0 Å². The largest absolute Gasteiger partial charge is 0.451 e. The lowest BCUT2D eigenvalue weighted by atomic mass is 9.85. The highest BCUT2D eigenvalue weighted by molar-refractivity contribution is 6.04. The summed E-state index contributed by atoms with van der Waals surface area (Å²) in [4.78, 5) is 19.3. The minimum absolute atomic E-state index is 0.284. The van der Waals surface area contributed by atoms with Crippen LogP contribution in [0.5, 0.6) is 0 Å². The van der Waals surface area contributed by atoms with E-state index < -0.39 is 29.2 Å². The van der Waals surface area contributed by atoms with Crippen molar-refractivity contribution in [1.29, 1.82) is 0 Å². The van der Waals surface area contributed by atoms with Crippen LogP contribution in [0.25, 0.3) is 10.9 Å². The molecule has 1 saturated carbocycles. The van der Waals surface area contributed by atoms with E-state index in [9.17, 15) is 23.1 Å². The number of aromatic nitrogens is 4. The molecule has 0 saturated heterocycles. The number of hydrogen-bond donors (Lipinski definition) is 2. The summed E-state index contributed by atoms with van der Waals surface area (Å²) < 4.78 is 40.8. The predicted octanol–water partition coefficient (Wildman–Crippen LogP) is 5.47. The fourth-order valence-electron chi connectivity index (χ4n) is 4.51. The van der Waals surface area contributed by atoms with Gasteiger partial charge in [0.15, 0.2) is 0 Å². The zero-order chi connectivity index (χ0) is 24.7. The maximum Gasteiger partial charge on any atom is 0.451 e. The molecular weight excluding hydrogens is 447 g/mol. The van der Waals surface area contributed by atoms with Crippen LogP contribution in [0.2, 0.25) is 0 Å². The average molecular weight is 476 g/mol. The molecule has 2 N–H and O–H groups in total. The third-order valence-electron chi connectivity index (χ3n) is 6.48. The smallest absolute Gasteiger partial charge is 0.386 e. The van der Waals surface area contributed by atoms with Gasteiger partial charge in [-0.05, 0) is 63.6 Å². The molecule has 7 nitrogen and oxygen atoms in total. The highest BCUT2D eigenvalue weighted by Gasteiger charge is 2.35. The van der Waals surface area contributed by atoms with Crippen molar-refractivity contribution in [2.45, 2.75) is 70.7 Å².